The molecule has 7 heteroatoms. The van der Waals surface area contributed by atoms with Crippen molar-refractivity contribution in [1.29, 1.82) is 0 Å². The quantitative estimate of drug-likeness (QED) is 0.0907. The van der Waals surface area contributed by atoms with Gasteiger partial charge in [-0.2, -0.15) is 5.11 Å². The van der Waals surface area contributed by atoms with Gasteiger partial charge < -0.3 is 9.47 Å². The fourth-order valence-corrected chi connectivity index (χ4v) is 4.03. The molecule has 0 aliphatic heterocycles. The smallest absolute Gasteiger partial charge is 0.343 e. The van der Waals surface area contributed by atoms with Crippen LogP contribution in [0.5, 0.6) is 11.5 Å². The van der Waals surface area contributed by atoms with Crippen molar-refractivity contribution in [2.75, 3.05) is 6.61 Å². The van der Waals surface area contributed by atoms with Crippen LogP contribution in [0.25, 0.3) is 0 Å². The van der Waals surface area contributed by atoms with Crippen LogP contribution in [0, 0.1) is 0 Å². The summed E-state index contributed by atoms with van der Waals surface area (Å²) < 4.78 is 11.3. The third-order valence-electron chi connectivity index (χ3n) is 5.61. The normalized spacial score (nSPS) is 11.1. The molecule has 0 fully saturated rings. The zero-order chi connectivity index (χ0) is 25.6. The predicted octanol–water partition coefficient (Wildman–Crippen LogP) is 10.1. The number of carbonyl (C=O) groups is 1. The third kappa shape index (κ3) is 9.29. The molecule has 0 aliphatic carbocycles. The molecule has 0 saturated carbocycles. The van der Waals surface area contributed by atoms with Crippen LogP contribution in [0.4, 0.5) is 11.4 Å². The summed E-state index contributed by atoms with van der Waals surface area (Å²) in [6.07, 6.45) is 10.1. The van der Waals surface area contributed by atoms with Crippen LogP contribution in [0.2, 0.25) is 10.0 Å². The summed E-state index contributed by atoms with van der Waals surface area (Å²) in [5.41, 5.74) is 1.43. The number of ether oxygens (including phenoxy) is 2. The highest BCUT2D eigenvalue weighted by Crippen LogP contribution is 2.34. The van der Waals surface area contributed by atoms with Gasteiger partial charge in [0.25, 0.3) is 0 Å². The maximum atomic E-state index is 12.5. The second-order valence-corrected chi connectivity index (χ2v) is 9.32. The standard InChI is InChI=1S/C29H32Cl2N2O3/c1-2-3-4-5-6-7-8-9-21-35-24-17-13-22(14-18-24)29(34)36-25-19-15-23(16-20-25)32-33-28-26(30)11-10-12-27(28)31/h10-20H,2-9,21H2,1H3. The second kappa shape index (κ2) is 15.3. The summed E-state index contributed by atoms with van der Waals surface area (Å²) in [6, 6.07) is 18.8. The first kappa shape index (κ1) is 27.7. The maximum absolute atomic E-state index is 12.5. The van der Waals surface area contributed by atoms with E-state index in [1.807, 2.05) is 0 Å². The Bertz CT molecular complexity index is 1100. The molecule has 0 bridgehead atoms. The van der Waals surface area contributed by atoms with E-state index in [9.17, 15) is 4.79 Å². The Morgan fingerprint density at radius 3 is 1.94 bits per heavy atom. The number of hydrogen-bond acceptors (Lipinski definition) is 5. The Morgan fingerprint density at radius 1 is 0.722 bits per heavy atom. The largest absolute Gasteiger partial charge is 0.494 e. The van der Waals surface area contributed by atoms with Crippen LogP contribution in [-0.2, 0) is 0 Å². The van der Waals surface area contributed by atoms with E-state index in [0.717, 1.165) is 12.2 Å². The lowest BCUT2D eigenvalue weighted by Crippen LogP contribution is -2.08. The Hall–Kier alpha value is -2.89. The van der Waals surface area contributed by atoms with E-state index in [1.54, 1.807) is 66.7 Å². The van der Waals surface area contributed by atoms with Crippen molar-refractivity contribution in [1.82, 2.24) is 0 Å². The molecule has 190 valence electrons. The van der Waals surface area contributed by atoms with Gasteiger partial charge in [-0.15, -0.1) is 5.11 Å². The van der Waals surface area contributed by atoms with Gasteiger partial charge in [-0.1, -0.05) is 81.1 Å². The lowest BCUT2D eigenvalue weighted by Gasteiger charge is -2.08. The topological polar surface area (TPSA) is 60.2 Å². The lowest BCUT2D eigenvalue weighted by atomic mass is 10.1. The van der Waals surface area contributed by atoms with Crippen molar-refractivity contribution >= 4 is 40.5 Å². The number of carbonyl (C=O) groups excluding carboxylic acids is 1. The Kier molecular flexibility index (Phi) is 11.7. The summed E-state index contributed by atoms with van der Waals surface area (Å²) >= 11 is 12.2. The monoisotopic (exact) mass is 526 g/mol. The van der Waals surface area contributed by atoms with Gasteiger partial charge in [0.05, 0.1) is 27.9 Å². The molecule has 0 aliphatic rings. The molecule has 0 radical (unpaired) electrons. The minimum absolute atomic E-state index is 0.404. The summed E-state index contributed by atoms with van der Waals surface area (Å²) in [5.74, 6) is 0.717. The number of unbranched alkanes of at least 4 members (excludes halogenated alkanes) is 7. The van der Waals surface area contributed by atoms with Gasteiger partial charge in [-0.25, -0.2) is 4.79 Å². The van der Waals surface area contributed by atoms with Crippen LogP contribution in [0.15, 0.2) is 77.0 Å². The Morgan fingerprint density at radius 2 is 1.31 bits per heavy atom. The molecule has 3 aromatic carbocycles. The predicted molar refractivity (Wildman–Crippen MR) is 147 cm³/mol. The second-order valence-electron chi connectivity index (χ2n) is 8.50. The van der Waals surface area contributed by atoms with Crippen LogP contribution in [-0.4, -0.2) is 12.6 Å². The van der Waals surface area contributed by atoms with Crippen molar-refractivity contribution in [2.24, 2.45) is 10.2 Å². The van der Waals surface area contributed by atoms with E-state index in [-0.39, 0.29) is 0 Å². The number of benzene rings is 3. The van der Waals surface area contributed by atoms with E-state index in [1.165, 1.54) is 44.9 Å². The van der Waals surface area contributed by atoms with Gasteiger partial charge in [0.2, 0.25) is 0 Å². The highest BCUT2D eigenvalue weighted by molar-refractivity contribution is 6.38. The molecule has 5 nitrogen and oxygen atoms in total. The molecule has 3 rings (SSSR count). The van der Waals surface area contributed by atoms with Crippen molar-refractivity contribution in [3.8, 4) is 11.5 Å². The highest BCUT2D eigenvalue weighted by atomic mass is 35.5. The highest BCUT2D eigenvalue weighted by Gasteiger charge is 2.09. The molecule has 0 amide bonds. The van der Waals surface area contributed by atoms with Crippen LogP contribution in [0.3, 0.4) is 0 Å². The number of azo groups is 1. The van der Waals surface area contributed by atoms with Crippen LogP contribution >= 0.6 is 23.2 Å². The molecular formula is C29H32Cl2N2O3. The van der Waals surface area contributed by atoms with Crippen LogP contribution < -0.4 is 9.47 Å². The van der Waals surface area contributed by atoms with Gasteiger partial charge in [-0.05, 0) is 67.1 Å². The molecule has 0 heterocycles. The molecule has 0 atom stereocenters. The zero-order valence-corrected chi connectivity index (χ0v) is 22.1. The SMILES string of the molecule is CCCCCCCCCCOc1ccc(C(=O)Oc2ccc(N=Nc3c(Cl)cccc3Cl)cc2)cc1. The van der Waals surface area contributed by atoms with Gasteiger partial charge in [0.15, 0.2) is 0 Å². The third-order valence-corrected chi connectivity index (χ3v) is 6.22. The Labute approximate surface area is 223 Å². The first-order valence-corrected chi connectivity index (χ1v) is 13.2. The van der Waals surface area contributed by atoms with E-state index in [0.29, 0.717) is 39.3 Å². The van der Waals surface area contributed by atoms with E-state index < -0.39 is 5.97 Å². The maximum Gasteiger partial charge on any atom is 0.343 e. The molecule has 0 spiro atoms. The zero-order valence-electron chi connectivity index (χ0n) is 20.6. The molecule has 0 aromatic heterocycles. The van der Waals surface area contributed by atoms with Gasteiger partial charge >= 0.3 is 5.97 Å². The van der Waals surface area contributed by atoms with Gasteiger partial charge in [0.1, 0.15) is 17.2 Å². The van der Waals surface area contributed by atoms with E-state index in [2.05, 4.69) is 17.2 Å². The summed E-state index contributed by atoms with van der Waals surface area (Å²) in [5, 5.41) is 9.09. The number of esters is 1. The van der Waals surface area contributed by atoms with Crippen LogP contribution in [0.1, 0.15) is 68.6 Å². The summed E-state index contributed by atoms with van der Waals surface area (Å²) in [7, 11) is 0. The van der Waals surface area contributed by atoms with Crippen molar-refractivity contribution in [3.63, 3.8) is 0 Å². The first-order chi connectivity index (χ1) is 17.6. The molecule has 0 unspecified atom stereocenters. The van der Waals surface area contributed by atoms with E-state index >= 15 is 0 Å². The number of rotatable bonds is 14. The molecule has 3 aromatic rings. The van der Waals surface area contributed by atoms with Gasteiger partial charge in [-0.3, -0.25) is 0 Å². The fourth-order valence-electron chi connectivity index (χ4n) is 3.55. The molecule has 0 N–H and O–H groups in total. The summed E-state index contributed by atoms with van der Waals surface area (Å²) in [4.78, 5) is 12.5. The van der Waals surface area contributed by atoms with Crippen molar-refractivity contribution < 1.29 is 14.3 Å². The molecule has 0 saturated heterocycles. The number of hydrogen-bond donors (Lipinski definition) is 0. The van der Waals surface area contributed by atoms with Crippen molar-refractivity contribution in [2.45, 2.75) is 58.3 Å². The average molecular weight is 527 g/mol. The summed E-state index contributed by atoms with van der Waals surface area (Å²) in [6.45, 7) is 2.92. The molecular weight excluding hydrogens is 495 g/mol. The molecule has 36 heavy (non-hydrogen) atoms. The minimum atomic E-state index is -0.443. The number of nitrogens with zero attached hydrogens (tertiary/aromatic N) is 2. The first-order valence-electron chi connectivity index (χ1n) is 12.5. The average Bonchev–Trinajstić information content (AvgIpc) is 2.89. The fraction of sp³-hybridized carbons (Fsp3) is 0.345. The minimum Gasteiger partial charge on any atom is -0.494 e. The lowest BCUT2D eigenvalue weighted by molar-refractivity contribution is 0.0734. The Balaban J connectivity index is 1.41. The number of halogens is 2. The van der Waals surface area contributed by atoms with Gasteiger partial charge in [0, 0.05) is 0 Å². The van der Waals surface area contributed by atoms with Crippen molar-refractivity contribution in [3.05, 3.63) is 82.3 Å². The van der Waals surface area contributed by atoms with E-state index in [4.69, 9.17) is 32.7 Å².